The van der Waals surface area contributed by atoms with Crippen molar-refractivity contribution >= 4 is 40.4 Å². The Hall–Kier alpha value is -4.66. The largest absolute Gasteiger partial charge is 0.507 e. The predicted octanol–water partition coefficient (Wildman–Crippen LogP) is 4.49. The van der Waals surface area contributed by atoms with Gasteiger partial charge < -0.3 is 20.1 Å². The van der Waals surface area contributed by atoms with Crippen molar-refractivity contribution < 1.29 is 28.6 Å². The molecule has 190 valence electrons. The van der Waals surface area contributed by atoms with E-state index in [1.165, 1.54) is 31.1 Å². The highest BCUT2D eigenvalue weighted by Gasteiger charge is 2.47. The number of nitrogens with zero attached hydrogens (tertiary/aromatic N) is 2. The van der Waals surface area contributed by atoms with E-state index in [-0.39, 0.29) is 22.8 Å². The molecule has 0 bridgehead atoms. The second kappa shape index (κ2) is 10.1. The monoisotopic (exact) mass is 503 g/mol. The fourth-order valence-corrected chi connectivity index (χ4v) is 4.32. The highest BCUT2D eigenvalue weighted by molar-refractivity contribution is 6.51. The summed E-state index contributed by atoms with van der Waals surface area (Å²) >= 11 is 0. The molecule has 4 rings (SSSR count). The first-order valence-electron chi connectivity index (χ1n) is 11.4. The number of Topliss-reactive ketones (excluding diaryl/α,β-unsaturated/α-hetero) is 1. The van der Waals surface area contributed by atoms with Crippen LogP contribution in [0, 0.1) is 5.82 Å². The number of amides is 2. The molecule has 3 aromatic rings. The van der Waals surface area contributed by atoms with E-state index in [9.17, 15) is 23.9 Å². The summed E-state index contributed by atoms with van der Waals surface area (Å²) in [6.45, 7) is 1.36. The first kappa shape index (κ1) is 25.4. The van der Waals surface area contributed by atoms with Crippen LogP contribution in [0.3, 0.4) is 0 Å². The van der Waals surface area contributed by atoms with Gasteiger partial charge >= 0.3 is 0 Å². The van der Waals surface area contributed by atoms with E-state index >= 15 is 0 Å². The number of ketones is 1. The van der Waals surface area contributed by atoms with Crippen LogP contribution in [0.25, 0.3) is 5.76 Å². The van der Waals surface area contributed by atoms with E-state index in [2.05, 4.69) is 5.32 Å². The van der Waals surface area contributed by atoms with Crippen LogP contribution in [0.15, 0.2) is 72.3 Å². The maximum atomic E-state index is 14.1. The van der Waals surface area contributed by atoms with E-state index in [0.717, 1.165) is 11.8 Å². The Labute approximate surface area is 213 Å². The standard InChI is InChI=1S/C28H26FN3O5/c1-16(33)30-19-6-5-7-21(15-19)32-25(17-8-11-20(12-9-17)31(2)3)24(27(35)28(32)36)26(34)22-14-18(29)10-13-23(22)37-4/h5-15,25,34H,1-4H3,(H,30,33)/b26-24+. The van der Waals surface area contributed by atoms with Gasteiger partial charge in [-0.05, 0) is 54.1 Å². The SMILES string of the molecule is COc1ccc(F)cc1/C(O)=C1\C(=O)C(=O)N(c2cccc(NC(C)=O)c2)C1c1ccc(N(C)C)cc1. The summed E-state index contributed by atoms with van der Waals surface area (Å²) in [6.07, 6.45) is 0. The first-order valence-corrected chi connectivity index (χ1v) is 11.4. The Kier molecular flexibility index (Phi) is 6.97. The number of halogens is 1. The van der Waals surface area contributed by atoms with E-state index in [4.69, 9.17) is 4.74 Å². The minimum Gasteiger partial charge on any atom is -0.507 e. The van der Waals surface area contributed by atoms with Crippen LogP contribution in [0.1, 0.15) is 24.1 Å². The van der Waals surface area contributed by atoms with Gasteiger partial charge in [-0.15, -0.1) is 0 Å². The fourth-order valence-electron chi connectivity index (χ4n) is 4.32. The molecule has 1 aliphatic heterocycles. The van der Waals surface area contributed by atoms with Gasteiger partial charge in [-0.2, -0.15) is 0 Å². The number of carbonyl (C=O) groups is 3. The normalized spacial score (nSPS) is 16.6. The molecule has 0 radical (unpaired) electrons. The first-order chi connectivity index (χ1) is 17.6. The van der Waals surface area contributed by atoms with Gasteiger partial charge in [-0.3, -0.25) is 19.3 Å². The minimum atomic E-state index is -1.03. The van der Waals surface area contributed by atoms with Gasteiger partial charge in [0, 0.05) is 38.1 Å². The average molecular weight is 504 g/mol. The molecule has 1 saturated heterocycles. The summed E-state index contributed by atoms with van der Waals surface area (Å²) < 4.78 is 19.4. The third-order valence-corrected chi connectivity index (χ3v) is 6.03. The van der Waals surface area contributed by atoms with Gasteiger partial charge in [0.15, 0.2) is 0 Å². The molecule has 2 N–H and O–H groups in total. The van der Waals surface area contributed by atoms with Crippen molar-refractivity contribution in [1.29, 1.82) is 0 Å². The number of hydrogen-bond donors (Lipinski definition) is 2. The van der Waals surface area contributed by atoms with Gasteiger partial charge in [0.2, 0.25) is 5.91 Å². The number of hydrogen-bond acceptors (Lipinski definition) is 6. The van der Waals surface area contributed by atoms with E-state index in [1.807, 2.05) is 31.1 Å². The maximum absolute atomic E-state index is 14.1. The fraction of sp³-hybridized carbons (Fsp3) is 0.179. The van der Waals surface area contributed by atoms with Crippen molar-refractivity contribution in [2.45, 2.75) is 13.0 Å². The lowest BCUT2D eigenvalue weighted by molar-refractivity contribution is -0.132. The van der Waals surface area contributed by atoms with Gasteiger partial charge in [0.25, 0.3) is 11.7 Å². The van der Waals surface area contributed by atoms with E-state index in [1.54, 1.807) is 36.4 Å². The second-order valence-electron chi connectivity index (χ2n) is 8.73. The molecule has 1 atom stereocenters. The number of carbonyl (C=O) groups excluding carboxylic acids is 3. The van der Waals surface area contributed by atoms with Crippen LogP contribution in [0.4, 0.5) is 21.5 Å². The van der Waals surface area contributed by atoms with Crippen LogP contribution < -0.4 is 19.9 Å². The molecule has 3 aromatic carbocycles. The molecule has 8 nitrogen and oxygen atoms in total. The lowest BCUT2D eigenvalue weighted by Gasteiger charge is -2.26. The van der Waals surface area contributed by atoms with Gasteiger partial charge in [0.1, 0.15) is 17.3 Å². The third-order valence-electron chi connectivity index (χ3n) is 6.03. The zero-order valence-corrected chi connectivity index (χ0v) is 20.8. The molecule has 37 heavy (non-hydrogen) atoms. The smallest absolute Gasteiger partial charge is 0.300 e. The van der Waals surface area contributed by atoms with Crippen molar-refractivity contribution in [3.8, 4) is 5.75 Å². The van der Waals surface area contributed by atoms with Crippen molar-refractivity contribution in [3.63, 3.8) is 0 Å². The number of nitrogens with one attached hydrogen (secondary N) is 1. The Morgan fingerprint density at radius 3 is 2.38 bits per heavy atom. The van der Waals surface area contributed by atoms with Crippen LogP contribution >= 0.6 is 0 Å². The van der Waals surface area contributed by atoms with E-state index in [0.29, 0.717) is 16.9 Å². The van der Waals surface area contributed by atoms with Gasteiger partial charge in [0.05, 0.1) is 24.3 Å². The number of aliphatic hydroxyl groups excluding tert-OH is 1. The third kappa shape index (κ3) is 4.88. The Morgan fingerprint density at radius 2 is 1.76 bits per heavy atom. The average Bonchev–Trinajstić information content (AvgIpc) is 3.13. The van der Waals surface area contributed by atoms with Crippen molar-refractivity contribution in [2.24, 2.45) is 0 Å². The van der Waals surface area contributed by atoms with Crippen molar-refractivity contribution in [3.05, 3.63) is 89.2 Å². The highest BCUT2D eigenvalue weighted by atomic mass is 19.1. The lowest BCUT2D eigenvalue weighted by atomic mass is 9.94. The Bertz CT molecular complexity index is 1420. The Morgan fingerprint density at radius 1 is 1.05 bits per heavy atom. The number of ether oxygens (including phenoxy) is 1. The van der Waals surface area contributed by atoms with Gasteiger partial charge in [-0.25, -0.2) is 4.39 Å². The zero-order valence-electron chi connectivity index (χ0n) is 20.8. The number of anilines is 3. The summed E-state index contributed by atoms with van der Waals surface area (Å²) in [4.78, 5) is 41.5. The lowest BCUT2D eigenvalue weighted by Crippen LogP contribution is -2.29. The molecule has 1 unspecified atom stereocenters. The number of aliphatic hydroxyl groups is 1. The topological polar surface area (TPSA) is 99.2 Å². The van der Waals surface area contributed by atoms with Crippen molar-refractivity contribution in [2.75, 3.05) is 36.3 Å². The predicted molar refractivity (Wildman–Crippen MR) is 139 cm³/mol. The maximum Gasteiger partial charge on any atom is 0.300 e. The number of benzene rings is 3. The summed E-state index contributed by atoms with van der Waals surface area (Å²) in [5.74, 6) is -3.18. The number of methoxy groups -OCH3 is 1. The highest BCUT2D eigenvalue weighted by Crippen LogP contribution is 2.44. The minimum absolute atomic E-state index is 0.0533. The summed E-state index contributed by atoms with van der Waals surface area (Å²) in [5, 5.41) is 14.0. The summed E-state index contributed by atoms with van der Waals surface area (Å²) in [6, 6.07) is 16.2. The molecule has 1 aliphatic rings. The molecule has 0 saturated carbocycles. The van der Waals surface area contributed by atoms with Crippen LogP contribution in [0.5, 0.6) is 5.75 Å². The van der Waals surface area contributed by atoms with Crippen molar-refractivity contribution in [1.82, 2.24) is 0 Å². The van der Waals surface area contributed by atoms with Crippen LogP contribution in [-0.2, 0) is 14.4 Å². The molecular weight excluding hydrogens is 477 g/mol. The molecule has 1 heterocycles. The molecule has 9 heteroatoms. The molecular formula is C28H26FN3O5. The molecule has 1 fully saturated rings. The molecule has 0 aromatic heterocycles. The van der Waals surface area contributed by atoms with Crippen LogP contribution in [0.2, 0.25) is 0 Å². The summed E-state index contributed by atoms with van der Waals surface area (Å²) in [7, 11) is 5.11. The zero-order chi connectivity index (χ0) is 26.9. The van der Waals surface area contributed by atoms with Crippen LogP contribution in [-0.4, -0.2) is 43.9 Å². The number of rotatable bonds is 6. The quantitative estimate of drug-likeness (QED) is 0.292. The molecule has 0 aliphatic carbocycles. The second-order valence-corrected chi connectivity index (χ2v) is 8.73. The Balaban J connectivity index is 1.95. The summed E-state index contributed by atoms with van der Waals surface area (Å²) in [5.41, 5.74) is 1.94. The molecule has 2 amide bonds. The molecule has 0 spiro atoms. The van der Waals surface area contributed by atoms with Gasteiger partial charge in [-0.1, -0.05) is 18.2 Å². The van der Waals surface area contributed by atoms with E-state index < -0.39 is 29.3 Å².